The maximum Gasteiger partial charge on any atom is 0.161 e. The number of nitrogens with two attached hydrogens (primary N) is 1. The van der Waals surface area contributed by atoms with Gasteiger partial charge >= 0.3 is 0 Å². The number of fused-ring (bicyclic) bond motifs is 1. The topological polar surface area (TPSA) is 47.7 Å². The molecule has 0 saturated carbocycles. The monoisotopic (exact) mass is 250 g/mol. The minimum Gasteiger partial charge on any atom is -0.493 e. The third kappa shape index (κ3) is 2.44. The van der Waals surface area contributed by atoms with Gasteiger partial charge in [-0.25, -0.2) is 0 Å². The van der Waals surface area contributed by atoms with Gasteiger partial charge in [-0.3, -0.25) is 4.90 Å². The van der Waals surface area contributed by atoms with Crippen molar-refractivity contribution in [3.05, 3.63) is 23.3 Å². The Morgan fingerprint density at radius 3 is 2.39 bits per heavy atom. The van der Waals surface area contributed by atoms with Gasteiger partial charge in [-0.05, 0) is 36.6 Å². The van der Waals surface area contributed by atoms with Gasteiger partial charge in [0.1, 0.15) is 0 Å². The molecule has 0 aromatic heterocycles. The van der Waals surface area contributed by atoms with Gasteiger partial charge in [0.2, 0.25) is 0 Å². The van der Waals surface area contributed by atoms with Crippen LogP contribution >= 0.6 is 0 Å². The summed E-state index contributed by atoms with van der Waals surface area (Å²) in [6, 6.07) is 4.61. The van der Waals surface area contributed by atoms with E-state index in [0.717, 1.165) is 31.0 Å². The van der Waals surface area contributed by atoms with Crippen molar-refractivity contribution in [2.75, 3.05) is 27.3 Å². The van der Waals surface area contributed by atoms with E-state index in [2.05, 4.69) is 24.0 Å². The molecule has 100 valence electrons. The van der Waals surface area contributed by atoms with Gasteiger partial charge in [-0.2, -0.15) is 0 Å². The van der Waals surface area contributed by atoms with Gasteiger partial charge in [0.05, 0.1) is 14.2 Å². The Labute approximate surface area is 109 Å². The molecule has 2 rings (SSSR count). The molecule has 4 nitrogen and oxygen atoms in total. The Kier molecular flexibility index (Phi) is 4.09. The van der Waals surface area contributed by atoms with E-state index in [1.165, 1.54) is 11.1 Å². The predicted octanol–water partition coefficient (Wildman–Crippen LogP) is 1.41. The lowest BCUT2D eigenvalue weighted by Gasteiger charge is -2.33. The lowest BCUT2D eigenvalue weighted by atomic mass is 9.98. The van der Waals surface area contributed by atoms with Crippen molar-refractivity contribution in [2.24, 2.45) is 5.73 Å². The van der Waals surface area contributed by atoms with Crippen LogP contribution in [-0.2, 0) is 13.0 Å². The van der Waals surface area contributed by atoms with Crippen LogP contribution < -0.4 is 15.2 Å². The maximum absolute atomic E-state index is 5.74. The number of ether oxygens (including phenoxy) is 2. The van der Waals surface area contributed by atoms with Crippen LogP contribution in [0.15, 0.2) is 12.1 Å². The first-order chi connectivity index (χ1) is 8.69. The second-order valence-electron chi connectivity index (χ2n) is 4.78. The first-order valence-electron chi connectivity index (χ1n) is 6.37. The largest absolute Gasteiger partial charge is 0.493 e. The molecule has 0 bridgehead atoms. The zero-order valence-corrected chi connectivity index (χ0v) is 11.4. The van der Waals surface area contributed by atoms with Crippen molar-refractivity contribution in [3.63, 3.8) is 0 Å². The molecular formula is C14H22N2O2. The first-order valence-corrected chi connectivity index (χ1v) is 6.37. The molecular weight excluding hydrogens is 228 g/mol. The quantitative estimate of drug-likeness (QED) is 0.877. The highest BCUT2D eigenvalue weighted by molar-refractivity contribution is 5.48. The zero-order valence-electron chi connectivity index (χ0n) is 11.4. The second kappa shape index (κ2) is 5.59. The van der Waals surface area contributed by atoms with E-state index < -0.39 is 0 Å². The fourth-order valence-corrected chi connectivity index (χ4v) is 2.43. The van der Waals surface area contributed by atoms with Crippen LogP contribution in [0, 0.1) is 0 Å². The third-order valence-corrected chi connectivity index (χ3v) is 3.71. The fraction of sp³-hybridized carbons (Fsp3) is 0.571. The number of nitrogens with zero attached hydrogens (tertiary/aromatic N) is 1. The van der Waals surface area contributed by atoms with E-state index in [0.29, 0.717) is 12.6 Å². The van der Waals surface area contributed by atoms with Gasteiger partial charge in [-0.15, -0.1) is 0 Å². The summed E-state index contributed by atoms with van der Waals surface area (Å²) in [5.74, 6) is 1.62. The van der Waals surface area contributed by atoms with E-state index in [4.69, 9.17) is 15.2 Å². The van der Waals surface area contributed by atoms with E-state index in [-0.39, 0.29) is 0 Å². The Morgan fingerprint density at radius 1 is 1.22 bits per heavy atom. The highest BCUT2D eigenvalue weighted by Crippen LogP contribution is 2.33. The molecule has 18 heavy (non-hydrogen) atoms. The second-order valence-corrected chi connectivity index (χ2v) is 4.78. The van der Waals surface area contributed by atoms with Crippen LogP contribution in [-0.4, -0.2) is 38.3 Å². The van der Waals surface area contributed by atoms with Crippen molar-refractivity contribution in [3.8, 4) is 11.5 Å². The van der Waals surface area contributed by atoms with Crippen molar-refractivity contribution in [1.29, 1.82) is 0 Å². The summed E-state index contributed by atoms with van der Waals surface area (Å²) >= 11 is 0. The molecule has 1 aliphatic rings. The molecule has 1 aromatic carbocycles. The molecule has 0 amide bonds. The van der Waals surface area contributed by atoms with Crippen molar-refractivity contribution >= 4 is 0 Å². The molecule has 0 saturated heterocycles. The molecule has 1 atom stereocenters. The number of rotatable bonds is 4. The summed E-state index contributed by atoms with van der Waals surface area (Å²) < 4.78 is 10.7. The van der Waals surface area contributed by atoms with E-state index in [1.54, 1.807) is 14.2 Å². The molecule has 0 spiro atoms. The van der Waals surface area contributed by atoms with Crippen LogP contribution in [0.1, 0.15) is 18.1 Å². The molecule has 1 unspecified atom stereocenters. The van der Waals surface area contributed by atoms with Crippen molar-refractivity contribution in [2.45, 2.75) is 25.9 Å². The highest BCUT2D eigenvalue weighted by atomic mass is 16.5. The van der Waals surface area contributed by atoms with Crippen LogP contribution in [0.3, 0.4) is 0 Å². The van der Waals surface area contributed by atoms with Gasteiger partial charge in [0, 0.05) is 25.7 Å². The summed E-state index contributed by atoms with van der Waals surface area (Å²) in [7, 11) is 3.35. The number of methoxy groups -OCH3 is 2. The lowest BCUT2D eigenvalue weighted by molar-refractivity contribution is 0.194. The molecule has 0 radical (unpaired) electrons. The van der Waals surface area contributed by atoms with Crippen molar-refractivity contribution < 1.29 is 9.47 Å². The van der Waals surface area contributed by atoms with Gasteiger partial charge in [-0.1, -0.05) is 0 Å². The Bertz CT molecular complexity index is 421. The van der Waals surface area contributed by atoms with E-state index >= 15 is 0 Å². The van der Waals surface area contributed by atoms with Crippen LogP contribution in [0.25, 0.3) is 0 Å². The van der Waals surface area contributed by atoms with Crippen LogP contribution in [0.2, 0.25) is 0 Å². The number of benzene rings is 1. The van der Waals surface area contributed by atoms with Crippen molar-refractivity contribution in [1.82, 2.24) is 4.90 Å². The summed E-state index contributed by atoms with van der Waals surface area (Å²) in [4.78, 5) is 2.41. The minimum atomic E-state index is 0.422. The molecule has 1 aromatic rings. The average Bonchev–Trinajstić information content (AvgIpc) is 2.44. The Hall–Kier alpha value is -1.26. The highest BCUT2D eigenvalue weighted by Gasteiger charge is 2.21. The zero-order chi connectivity index (χ0) is 13.1. The van der Waals surface area contributed by atoms with E-state index in [1.807, 2.05) is 0 Å². The molecule has 2 N–H and O–H groups in total. The molecule has 1 heterocycles. The minimum absolute atomic E-state index is 0.422. The van der Waals surface area contributed by atoms with Gasteiger partial charge in [0.15, 0.2) is 11.5 Å². The summed E-state index contributed by atoms with van der Waals surface area (Å²) in [5, 5.41) is 0. The van der Waals surface area contributed by atoms with Gasteiger partial charge < -0.3 is 15.2 Å². The molecule has 4 heteroatoms. The summed E-state index contributed by atoms with van der Waals surface area (Å²) in [6.07, 6.45) is 1.04. The smallest absolute Gasteiger partial charge is 0.161 e. The molecule has 1 aliphatic heterocycles. The third-order valence-electron chi connectivity index (χ3n) is 3.71. The maximum atomic E-state index is 5.74. The summed E-state index contributed by atoms with van der Waals surface area (Å²) in [5.41, 5.74) is 8.41. The average molecular weight is 250 g/mol. The first kappa shape index (κ1) is 13.2. The Balaban J connectivity index is 2.27. The summed E-state index contributed by atoms with van der Waals surface area (Å²) in [6.45, 7) is 4.86. The normalized spacial score (nSPS) is 17.1. The standard InChI is InChI=1S/C14H22N2O2/c1-10(8-15)16-5-4-11-6-13(17-2)14(18-3)7-12(11)9-16/h6-7,10H,4-5,8-9,15H2,1-3H3. The predicted molar refractivity (Wildman–Crippen MR) is 72.2 cm³/mol. The van der Waals surface area contributed by atoms with Gasteiger partial charge in [0.25, 0.3) is 0 Å². The molecule has 0 fully saturated rings. The molecule has 0 aliphatic carbocycles. The SMILES string of the molecule is COc1cc2c(cc1OC)CN(C(C)CN)CC2. The fourth-order valence-electron chi connectivity index (χ4n) is 2.43. The number of hydrogen-bond donors (Lipinski definition) is 1. The van der Waals surface area contributed by atoms with Crippen LogP contribution in [0.5, 0.6) is 11.5 Å². The Morgan fingerprint density at radius 2 is 1.83 bits per heavy atom. The lowest BCUT2D eigenvalue weighted by Crippen LogP contribution is -2.41. The number of hydrogen-bond acceptors (Lipinski definition) is 4. The van der Waals surface area contributed by atoms with E-state index in [9.17, 15) is 0 Å². The van der Waals surface area contributed by atoms with Crippen LogP contribution in [0.4, 0.5) is 0 Å².